The number of hydrogen-bond acceptors (Lipinski definition) is 7. The number of hydrogen-bond donors (Lipinski definition) is 0. The lowest BCUT2D eigenvalue weighted by Crippen LogP contribution is -2.44. The van der Waals surface area contributed by atoms with Crippen LogP contribution in [0, 0.1) is 0 Å². The first kappa shape index (κ1) is 21.9. The fourth-order valence-corrected chi connectivity index (χ4v) is 2.05. The van der Waals surface area contributed by atoms with Crippen LogP contribution in [0.25, 0.3) is 0 Å². The van der Waals surface area contributed by atoms with Gasteiger partial charge in [0.15, 0.2) is 5.69 Å². The highest BCUT2D eigenvalue weighted by Gasteiger charge is 2.35. The van der Waals surface area contributed by atoms with Crippen molar-refractivity contribution in [3.63, 3.8) is 0 Å². The fraction of sp³-hybridized carbons (Fsp3) is 0.529. The number of aromatic nitrogens is 1. The minimum Gasteiger partial charge on any atom is -0.464 e. The molecule has 0 saturated heterocycles. The Balaban J connectivity index is 3.48. The summed E-state index contributed by atoms with van der Waals surface area (Å²) in [5.74, 6) is -0.821. The lowest BCUT2D eigenvalue weighted by molar-refractivity contribution is 0.0430. The second-order valence-electron chi connectivity index (χ2n) is 7.29. The van der Waals surface area contributed by atoms with Crippen LogP contribution in [0.15, 0.2) is 16.7 Å². The standard InChI is InChI=1S/C17H23BrN2O6/c1-16(2,3)25-14(22)20(15(23)26-17(4,5)6)10-8-9-11(18)19-12(10)13(21)24-7/h8-9H,1-7H3. The smallest absolute Gasteiger partial charge is 0.424 e. The number of carbonyl (C=O) groups is 3. The quantitative estimate of drug-likeness (QED) is 0.391. The van der Waals surface area contributed by atoms with E-state index < -0.39 is 29.4 Å². The van der Waals surface area contributed by atoms with Gasteiger partial charge in [-0.1, -0.05) is 0 Å². The van der Waals surface area contributed by atoms with E-state index in [4.69, 9.17) is 14.2 Å². The van der Waals surface area contributed by atoms with Crippen LogP contribution in [0.2, 0.25) is 0 Å². The first-order valence-corrected chi connectivity index (χ1v) is 8.55. The molecule has 0 radical (unpaired) electrons. The zero-order valence-electron chi connectivity index (χ0n) is 15.9. The first-order valence-electron chi connectivity index (χ1n) is 7.76. The van der Waals surface area contributed by atoms with Gasteiger partial charge in [0, 0.05) is 0 Å². The van der Waals surface area contributed by atoms with Crippen LogP contribution < -0.4 is 4.90 Å². The summed E-state index contributed by atoms with van der Waals surface area (Å²) >= 11 is 3.14. The molecule has 0 fully saturated rings. The third-order valence-corrected chi connectivity index (χ3v) is 3.05. The highest BCUT2D eigenvalue weighted by atomic mass is 79.9. The first-order chi connectivity index (χ1) is 11.7. The molecule has 1 rings (SSSR count). The molecule has 0 bridgehead atoms. The number of imide groups is 1. The molecule has 0 aliphatic carbocycles. The van der Waals surface area contributed by atoms with Crippen molar-refractivity contribution < 1.29 is 28.6 Å². The zero-order valence-corrected chi connectivity index (χ0v) is 17.5. The molecule has 26 heavy (non-hydrogen) atoms. The maximum Gasteiger partial charge on any atom is 0.424 e. The number of anilines is 1. The van der Waals surface area contributed by atoms with Gasteiger partial charge in [0.05, 0.1) is 12.8 Å². The van der Waals surface area contributed by atoms with Crippen LogP contribution >= 0.6 is 15.9 Å². The van der Waals surface area contributed by atoms with E-state index in [0.717, 1.165) is 0 Å². The maximum absolute atomic E-state index is 12.6. The summed E-state index contributed by atoms with van der Waals surface area (Å²) in [5.41, 5.74) is -2.08. The van der Waals surface area contributed by atoms with E-state index in [2.05, 4.69) is 20.9 Å². The number of nitrogens with zero attached hydrogens (tertiary/aromatic N) is 2. The lowest BCUT2D eigenvalue weighted by atomic mass is 10.2. The zero-order chi connectivity index (χ0) is 20.3. The second-order valence-corrected chi connectivity index (χ2v) is 8.10. The summed E-state index contributed by atoms with van der Waals surface area (Å²) < 4.78 is 15.6. The molecule has 0 N–H and O–H groups in total. The van der Waals surface area contributed by atoms with Gasteiger partial charge in [-0.25, -0.2) is 19.4 Å². The van der Waals surface area contributed by atoms with E-state index in [1.807, 2.05) is 0 Å². The van der Waals surface area contributed by atoms with Crippen molar-refractivity contribution in [3.8, 4) is 0 Å². The monoisotopic (exact) mass is 430 g/mol. The van der Waals surface area contributed by atoms with Gasteiger partial charge in [-0.15, -0.1) is 0 Å². The van der Waals surface area contributed by atoms with Crippen molar-refractivity contribution in [2.45, 2.75) is 52.7 Å². The van der Waals surface area contributed by atoms with Crippen molar-refractivity contribution in [1.82, 2.24) is 4.98 Å². The molecular weight excluding hydrogens is 408 g/mol. The molecule has 0 aliphatic heterocycles. The van der Waals surface area contributed by atoms with Gasteiger partial charge in [-0.3, -0.25) is 0 Å². The third kappa shape index (κ3) is 6.29. The Bertz CT molecular complexity index is 678. The highest BCUT2D eigenvalue weighted by molar-refractivity contribution is 9.10. The molecule has 0 spiro atoms. The number of esters is 1. The van der Waals surface area contributed by atoms with Gasteiger partial charge in [0.25, 0.3) is 0 Å². The number of ether oxygens (including phenoxy) is 3. The minimum atomic E-state index is -0.999. The average Bonchev–Trinajstić information content (AvgIpc) is 2.44. The molecule has 144 valence electrons. The van der Waals surface area contributed by atoms with E-state index in [0.29, 0.717) is 9.50 Å². The molecule has 9 heteroatoms. The molecule has 1 aromatic heterocycles. The van der Waals surface area contributed by atoms with E-state index in [1.165, 1.54) is 19.2 Å². The van der Waals surface area contributed by atoms with Crippen LogP contribution in [0.4, 0.5) is 15.3 Å². The summed E-state index contributed by atoms with van der Waals surface area (Å²) in [4.78, 5) is 42.0. The van der Waals surface area contributed by atoms with Crippen LogP contribution in [0.3, 0.4) is 0 Å². The lowest BCUT2D eigenvalue weighted by Gasteiger charge is -2.29. The summed E-state index contributed by atoms with van der Waals surface area (Å²) in [6.07, 6.45) is -2.00. The number of methoxy groups -OCH3 is 1. The van der Waals surface area contributed by atoms with E-state index >= 15 is 0 Å². The number of pyridine rings is 1. The molecule has 0 aromatic carbocycles. The minimum absolute atomic E-state index is 0.108. The summed E-state index contributed by atoms with van der Waals surface area (Å²) in [5, 5.41) is 0. The highest BCUT2D eigenvalue weighted by Crippen LogP contribution is 2.26. The predicted molar refractivity (Wildman–Crippen MR) is 98.2 cm³/mol. The van der Waals surface area contributed by atoms with Crippen LogP contribution in [0.1, 0.15) is 52.0 Å². The van der Waals surface area contributed by atoms with Crippen LogP contribution in [0.5, 0.6) is 0 Å². The van der Waals surface area contributed by atoms with Crippen molar-refractivity contribution in [2.75, 3.05) is 12.0 Å². The topological polar surface area (TPSA) is 95.0 Å². The SMILES string of the molecule is COC(=O)c1nc(Br)ccc1N(C(=O)OC(C)(C)C)C(=O)OC(C)(C)C. The molecule has 0 unspecified atom stereocenters. The average molecular weight is 431 g/mol. The van der Waals surface area contributed by atoms with Crippen LogP contribution in [-0.4, -0.2) is 41.5 Å². The van der Waals surface area contributed by atoms with Gasteiger partial charge in [-0.05, 0) is 69.6 Å². The Morgan fingerprint density at radius 1 is 0.962 bits per heavy atom. The Hall–Kier alpha value is -2.16. The Labute approximate surface area is 160 Å². The molecule has 1 aromatic rings. The predicted octanol–water partition coefficient (Wildman–Crippen LogP) is 4.31. The van der Waals surface area contributed by atoms with Gasteiger partial charge in [0.1, 0.15) is 15.8 Å². The Morgan fingerprint density at radius 2 is 1.42 bits per heavy atom. The van der Waals surface area contributed by atoms with Crippen molar-refractivity contribution >= 4 is 39.8 Å². The van der Waals surface area contributed by atoms with E-state index in [9.17, 15) is 14.4 Å². The van der Waals surface area contributed by atoms with Crippen LogP contribution in [-0.2, 0) is 14.2 Å². The Kier molecular flexibility index (Phi) is 6.76. The van der Waals surface area contributed by atoms with Gasteiger partial charge in [-0.2, -0.15) is 4.90 Å². The normalized spacial score (nSPS) is 11.5. The molecule has 2 amide bonds. The summed E-state index contributed by atoms with van der Waals surface area (Å²) in [7, 11) is 1.17. The molecule has 0 aliphatic rings. The fourth-order valence-electron chi connectivity index (χ4n) is 1.74. The molecule has 8 nitrogen and oxygen atoms in total. The number of rotatable bonds is 2. The molecular formula is C17H23BrN2O6. The third-order valence-electron chi connectivity index (χ3n) is 2.61. The molecule has 1 heterocycles. The molecule has 0 atom stereocenters. The van der Waals surface area contributed by atoms with Crippen molar-refractivity contribution in [1.29, 1.82) is 0 Å². The summed E-state index contributed by atoms with van der Waals surface area (Å²) in [6, 6.07) is 2.85. The number of halogens is 1. The largest absolute Gasteiger partial charge is 0.464 e. The van der Waals surface area contributed by atoms with Gasteiger partial charge < -0.3 is 14.2 Å². The Morgan fingerprint density at radius 3 is 1.81 bits per heavy atom. The van der Waals surface area contributed by atoms with Crippen molar-refractivity contribution in [2.24, 2.45) is 0 Å². The summed E-state index contributed by atoms with van der Waals surface area (Å²) in [6.45, 7) is 9.91. The van der Waals surface area contributed by atoms with E-state index in [1.54, 1.807) is 41.5 Å². The maximum atomic E-state index is 12.6. The van der Waals surface area contributed by atoms with Crippen molar-refractivity contribution in [3.05, 3.63) is 22.4 Å². The van der Waals surface area contributed by atoms with Gasteiger partial charge in [0.2, 0.25) is 0 Å². The van der Waals surface area contributed by atoms with Gasteiger partial charge >= 0.3 is 18.2 Å². The number of carbonyl (C=O) groups excluding carboxylic acids is 3. The second kappa shape index (κ2) is 8.03. The van der Waals surface area contributed by atoms with E-state index in [-0.39, 0.29) is 11.4 Å². The molecule has 0 saturated carbocycles. The number of amides is 2.